The van der Waals surface area contributed by atoms with Gasteiger partial charge < -0.3 is 19.1 Å². The number of amides is 1. The van der Waals surface area contributed by atoms with Gasteiger partial charge in [0.2, 0.25) is 6.79 Å². The van der Waals surface area contributed by atoms with Gasteiger partial charge in [0.1, 0.15) is 0 Å². The first-order valence-electron chi connectivity index (χ1n) is 7.90. The van der Waals surface area contributed by atoms with E-state index in [1.165, 1.54) is 4.90 Å². The Kier molecular flexibility index (Phi) is 4.88. The molecule has 6 nitrogen and oxygen atoms in total. The molecule has 0 unspecified atom stereocenters. The molecule has 0 spiro atoms. The van der Waals surface area contributed by atoms with E-state index in [0.717, 1.165) is 11.1 Å². The number of esters is 1. The van der Waals surface area contributed by atoms with E-state index in [2.05, 4.69) is 0 Å². The molecule has 0 saturated heterocycles. The van der Waals surface area contributed by atoms with Crippen LogP contribution in [-0.2, 0) is 16.1 Å². The molecule has 25 heavy (non-hydrogen) atoms. The number of fused-ring (bicyclic) bond motifs is 1. The summed E-state index contributed by atoms with van der Waals surface area (Å²) in [4.78, 5) is 25.8. The van der Waals surface area contributed by atoms with Crippen molar-refractivity contribution in [2.24, 2.45) is 0 Å². The first-order chi connectivity index (χ1) is 12.0. The Morgan fingerprint density at radius 2 is 1.88 bits per heavy atom. The molecule has 1 aliphatic heterocycles. The fourth-order valence-corrected chi connectivity index (χ4v) is 2.48. The molecule has 0 fully saturated rings. The average molecular weight is 341 g/mol. The van der Waals surface area contributed by atoms with E-state index in [-0.39, 0.29) is 19.3 Å². The first-order valence-corrected chi connectivity index (χ1v) is 7.90. The van der Waals surface area contributed by atoms with Crippen LogP contribution in [0.15, 0.2) is 42.5 Å². The van der Waals surface area contributed by atoms with Crippen molar-refractivity contribution in [3.05, 3.63) is 59.2 Å². The van der Waals surface area contributed by atoms with Gasteiger partial charge in [-0.1, -0.05) is 24.3 Å². The fourth-order valence-electron chi connectivity index (χ4n) is 2.48. The number of ether oxygens (including phenoxy) is 3. The van der Waals surface area contributed by atoms with Crippen LogP contribution in [0, 0.1) is 6.92 Å². The Hall–Kier alpha value is -3.02. The molecule has 0 bridgehead atoms. The van der Waals surface area contributed by atoms with Crippen molar-refractivity contribution < 1.29 is 23.8 Å². The van der Waals surface area contributed by atoms with Crippen LogP contribution in [0.3, 0.4) is 0 Å². The maximum Gasteiger partial charge on any atom is 0.338 e. The van der Waals surface area contributed by atoms with Crippen LogP contribution in [-0.4, -0.2) is 37.2 Å². The quantitative estimate of drug-likeness (QED) is 0.782. The molecular formula is C19H19NO5. The van der Waals surface area contributed by atoms with Crippen LogP contribution in [0.5, 0.6) is 11.5 Å². The second-order valence-corrected chi connectivity index (χ2v) is 5.82. The van der Waals surface area contributed by atoms with Crippen molar-refractivity contribution in [3.8, 4) is 11.5 Å². The highest BCUT2D eigenvalue weighted by Gasteiger charge is 2.18. The summed E-state index contributed by atoms with van der Waals surface area (Å²) in [6, 6.07) is 12.6. The smallest absolute Gasteiger partial charge is 0.338 e. The zero-order chi connectivity index (χ0) is 17.8. The molecule has 3 rings (SSSR count). The molecule has 1 heterocycles. The zero-order valence-electron chi connectivity index (χ0n) is 14.2. The Bertz CT molecular complexity index is 802. The Labute approximate surface area is 145 Å². The summed E-state index contributed by atoms with van der Waals surface area (Å²) in [7, 11) is 1.68. The minimum Gasteiger partial charge on any atom is -0.454 e. The number of benzene rings is 2. The van der Waals surface area contributed by atoms with Crippen molar-refractivity contribution in [1.29, 1.82) is 0 Å². The monoisotopic (exact) mass is 341 g/mol. The lowest BCUT2D eigenvalue weighted by Gasteiger charge is -2.18. The number of hydrogen-bond acceptors (Lipinski definition) is 5. The summed E-state index contributed by atoms with van der Waals surface area (Å²) in [5, 5.41) is 0. The molecule has 2 aromatic carbocycles. The van der Waals surface area contributed by atoms with Gasteiger partial charge in [0.05, 0.1) is 5.56 Å². The van der Waals surface area contributed by atoms with Gasteiger partial charge in [-0.25, -0.2) is 4.79 Å². The molecule has 130 valence electrons. The standard InChI is InChI=1S/C19H19NO5/c1-13-5-3-4-6-15(13)10-20(2)18(21)11-23-19(22)14-7-8-16-17(9-14)25-12-24-16/h3-9H,10-12H2,1-2H3. The van der Waals surface area contributed by atoms with Crippen molar-refractivity contribution in [2.75, 3.05) is 20.4 Å². The van der Waals surface area contributed by atoms with Gasteiger partial charge in [0, 0.05) is 13.6 Å². The van der Waals surface area contributed by atoms with Crippen LogP contribution >= 0.6 is 0 Å². The molecule has 0 aromatic heterocycles. The molecule has 0 atom stereocenters. The van der Waals surface area contributed by atoms with E-state index in [1.54, 1.807) is 25.2 Å². The van der Waals surface area contributed by atoms with Crippen LogP contribution in [0.4, 0.5) is 0 Å². The summed E-state index contributed by atoms with van der Waals surface area (Å²) < 4.78 is 15.5. The summed E-state index contributed by atoms with van der Waals surface area (Å²) in [6.45, 7) is 2.28. The number of aryl methyl sites for hydroxylation is 1. The third-order valence-electron chi connectivity index (χ3n) is 4.03. The molecule has 0 saturated carbocycles. The lowest BCUT2D eigenvalue weighted by molar-refractivity contribution is -0.133. The van der Waals surface area contributed by atoms with Gasteiger partial charge in [-0.2, -0.15) is 0 Å². The topological polar surface area (TPSA) is 65.1 Å². The third kappa shape index (κ3) is 3.91. The number of hydrogen-bond donors (Lipinski definition) is 0. The van der Waals surface area contributed by atoms with E-state index in [4.69, 9.17) is 14.2 Å². The molecule has 6 heteroatoms. The highest BCUT2D eigenvalue weighted by atomic mass is 16.7. The predicted molar refractivity (Wildman–Crippen MR) is 90.5 cm³/mol. The van der Waals surface area contributed by atoms with Gasteiger partial charge in [-0.15, -0.1) is 0 Å². The largest absolute Gasteiger partial charge is 0.454 e. The van der Waals surface area contributed by atoms with Crippen molar-refractivity contribution in [3.63, 3.8) is 0 Å². The van der Waals surface area contributed by atoms with Crippen LogP contribution < -0.4 is 9.47 Å². The summed E-state index contributed by atoms with van der Waals surface area (Å²) >= 11 is 0. The van der Waals surface area contributed by atoms with Gasteiger partial charge >= 0.3 is 5.97 Å². The van der Waals surface area contributed by atoms with E-state index < -0.39 is 5.97 Å². The van der Waals surface area contributed by atoms with E-state index >= 15 is 0 Å². The predicted octanol–water partition coefficient (Wildman–Crippen LogP) is 2.54. The summed E-state index contributed by atoms with van der Waals surface area (Å²) in [5.41, 5.74) is 2.48. The van der Waals surface area contributed by atoms with Gasteiger partial charge in [0.25, 0.3) is 5.91 Å². The molecule has 1 amide bonds. The summed E-state index contributed by atoms with van der Waals surface area (Å²) in [6.07, 6.45) is 0. The highest BCUT2D eigenvalue weighted by molar-refractivity contribution is 5.92. The number of carbonyl (C=O) groups is 2. The van der Waals surface area contributed by atoms with E-state index in [9.17, 15) is 9.59 Å². The van der Waals surface area contributed by atoms with Crippen LogP contribution in [0.2, 0.25) is 0 Å². The van der Waals surface area contributed by atoms with Crippen LogP contribution in [0.1, 0.15) is 21.5 Å². The van der Waals surface area contributed by atoms with Gasteiger partial charge in [-0.05, 0) is 36.2 Å². The second-order valence-electron chi connectivity index (χ2n) is 5.82. The lowest BCUT2D eigenvalue weighted by Crippen LogP contribution is -2.31. The van der Waals surface area contributed by atoms with E-state index in [0.29, 0.717) is 23.6 Å². The second kappa shape index (κ2) is 7.25. The van der Waals surface area contributed by atoms with Crippen molar-refractivity contribution >= 4 is 11.9 Å². The van der Waals surface area contributed by atoms with Crippen molar-refractivity contribution in [2.45, 2.75) is 13.5 Å². The molecular weight excluding hydrogens is 322 g/mol. The maximum absolute atomic E-state index is 12.2. The van der Waals surface area contributed by atoms with Crippen LogP contribution in [0.25, 0.3) is 0 Å². The lowest BCUT2D eigenvalue weighted by atomic mass is 10.1. The number of likely N-dealkylation sites (N-methyl/N-ethyl adjacent to an activating group) is 1. The average Bonchev–Trinajstić information content (AvgIpc) is 3.08. The minimum atomic E-state index is -0.573. The van der Waals surface area contributed by atoms with Crippen molar-refractivity contribution in [1.82, 2.24) is 4.90 Å². The number of carbonyl (C=O) groups excluding carboxylic acids is 2. The molecule has 2 aromatic rings. The van der Waals surface area contributed by atoms with Gasteiger partial charge in [-0.3, -0.25) is 4.79 Å². The molecule has 1 aliphatic rings. The maximum atomic E-state index is 12.2. The summed E-state index contributed by atoms with van der Waals surface area (Å²) in [5.74, 6) is 0.247. The first kappa shape index (κ1) is 16.8. The normalized spacial score (nSPS) is 11.9. The molecule has 0 radical (unpaired) electrons. The number of rotatable bonds is 5. The number of nitrogens with zero attached hydrogens (tertiary/aromatic N) is 1. The molecule has 0 N–H and O–H groups in total. The zero-order valence-corrected chi connectivity index (χ0v) is 14.2. The highest BCUT2D eigenvalue weighted by Crippen LogP contribution is 2.32. The Morgan fingerprint density at radius 1 is 1.12 bits per heavy atom. The third-order valence-corrected chi connectivity index (χ3v) is 4.03. The Morgan fingerprint density at radius 3 is 2.68 bits per heavy atom. The van der Waals surface area contributed by atoms with E-state index in [1.807, 2.05) is 31.2 Å². The Balaban J connectivity index is 1.54. The minimum absolute atomic E-state index is 0.135. The SMILES string of the molecule is Cc1ccccc1CN(C)C(=O)COC(=O)c1ccc2c(c1)OCO2. The molecule has 0 aliphatic carbocycles. The van der Waals surface area contributed by atoms with Gasteiger partial charge in [0.15, 0.2) is 18.1 Å². The fraction of sp³-hybridized carbons (Fsp3) is 0.263.